The van der Waals surface area contributed by atoms with Crippen molar-refractivity contribution in [2.75, 3.05) is 0 Å². The van der Waals surface area contributed by atoms with Gasteiger partial charge in [0.25, 0.3) is 0 Å². The molecule has 6 nitrogen and oxygen atoms in total. The van der Waals surface area contributed by atoms with E-state index in [0.717, 1.165) is 11.3 Å². The number of nitrogens with zero attached hydrogens (tertiary/aromatic N) is 4. The van der Waals surface area contributed by atoms with Gasteiger partial charge in [0, 0.05) is 4.88 Å². The van der Waals surface area contributed by atoms with Gasteiger partial charge in [0.05, 0.1) is 4.88 Å². The third-order valence-electron chi connectivity index (χ3n) is 2.45. The monoisotopic (exact) mass is 252 g/mol. The standard InChI is InChI=1S/C10H12N4O2S/c1-3-7-4-5-8(17-7)9-11-12-13-14(9)6(2)10(15)16/h4-6H,3H2,1-2H3,(H,15,16). The summed E-state index contributed by atoms with van der Waals surface area (Å²) in [6.07, 6.45) is 0.945. The van der Waals surface area contributed by atoms with Gasteiger partial charge in [-0.3, -0.25) is 0 Å². The van der Waals surface area contributed by atoms with Gasteiger partial charge >= 0.3 is 5.97 Å². The second-order valence-corrected chi connectivity index (χ2v) is 4.75. The minimum atomic E-state index is -0.953. The highest BCUT2D eigenvalue weighted by Crippen LogP contribution is 2.27. The molecule has 0 bridgehead atoms. The number of aromatic nitrogens is 4. The SMILES string of the molecule is CCc1ccc(-c2nnnn2C(C)C(=O)O)s1. The van der Waals surface area contributed by atoms with Crippen LogP contribution >= 0.6 is 11.3 Å². The maximum absolute atomic E-state index is 10.9. The van der Waals surface area contributed by atoms with Crippen LogP contribution in [-0.4, -0.2) is 31.3 Å². The van der Waals surface area contributed by atoms with Crippen molar-refractivity contribution in [2.24, 2.45) is 0 Å². The lowest BCUT2D eigenvalue weighted by Crippen LogP contribution is -2.17. The molecule has 1 N–H and O–H groups in total. The summed E-state index contributed by atoms with van der Waals surface area (Å²) in [5.41, 5.74) is 0. The Morgan fingerprint density at radius 2 is 2.35 bits per heavy atom. The molecule has 2 aromatic heterocycles. The average molecular weight is 252 g/mol. The van der Waals surface area contributed by atoms with Crippen LogP contribution in [0.15, 0.2) is 12.1 Å². The number of carboxylic acid groups (broad SMARTS) is 1. The lowest BCUT2D eigenvalue weighted by Gasteiger charge is -2.06. The molecule has 7 heteroatoms. The van der Waals surface area contributed by atoms with Crippen LogP contribution in [0.2, 0.25) is 0 Å². The van der Waals surface area contributed by atoms with E-state index in [4.69, 9.17) is 5.11 Å². The summed E-state index contributed by atoms with van der Waals surface area (Å²) in [5, 5.41) is 20.1. The first-order valence-electron chi connectivity index (χ1n) is 5.23. The van der Waals surface area contributed by atoms with Gasteiger partial charge in [-0.05, 0) is 35.9 Å². The summed E-state index contributed by atoms with van der Waals surface area (Å²) in [4.78, 5) is 13.0. The van der Waals surface area contributed by atoms with Crippen LogP contribution in [0, 0.1) is 0 Å². The maximum atomic E-state index is 10.9. The lowest BCUT2D eigenvalue weighted by molar-refractivity contribution is -0.140. The fourth-order valence-electron chi connectivity index (χ4n) is 1.41. The first-order chi connectivity index (χ1) is 8.13. The number of hydrogen-bond acceptors (Lipinski definition) is 5. The third-order valence-corrected chi connectivity index (χ3v) is 3.67. The molecule has 1 atom stereocenters. The van der Waals surface area contributed by atoms with Crippen molar-refractivity contribution in [3.63, 3.8) is 0 Å². The maximum Gasteiger partial charge on any atom is 0.328 e. The molecule has 0 spiro atoms. The Balaban J connectivity index is 2.39. The highest BCUT2D eigenvalue weighted by Gasteiger charge is 2.20. The molecule has 0 saturated heterocycles. The van der Waals surface area contributed by atoms with Gasteiger partial charge in [0.1, 0.15) is 0 Å². The molecule has 2 rings (SSSR count). The Kier molecular flexibility index (Phi) is 3.19. The molecule has 90 valence electrons. The molecule has 17 heavy (non-hydrogen) atoms. The molecular weight excluding hydrogens is 240 g/mol. The van der Waals surface area contributed by atoms with Crippen LogP contribution in [-0.2, 0) is 11.2 Å². The van der Waals surface area contributed by atoms with E-state index in [9.17, 15) is 4.79 Å². The largest absolute Gasteiger partial charge is 0.480 e. The predicted octanol–water partition coefficient (Wildman–Crippen LogP) is 1.61. The van der Waals surface area contributed by atoms with Crippen molar-refractivity contribution in [1.82, 2.24) is 20.2 Å². The smallest absolute Gasteiger partial charge is 0.328 e. The molecule has 0 fully saturated rings. The van der Waals surface area contributed by atoms with Gasteiger partial charge in [-0.25, -0.2) is 9.48 Å². The zero-order valence-electron chi connectivity index (χ0n) is 9.49. The fraction of sp³-hybridized carbons (Fsp3) is 0.400. The van der Waals surface area contributed by atoms with Crippen molar-refractivity contribution in [1.29, 1.82) is 0 Å². The van der Waals surface area contributed by atoms with Gasteiger partial charge in [-0.1, -0.05) is 6.92 Å². The zero-order valence-corrected chi connectivity index (χ0v) is 10.3. The molecular formula is C10H12N4O2S. The van der Waals surface area contributed by atoms with E-state index < -0.39 is 12.0 Å². The van der Waals surface area contributed by atoms with E-state index in [0.29, 0.717) is 5.82 Å². The topological polar surface area (TPSA) is 80.9 Å². The predicted molar refractivity (Wildman–Crippen MR) is 62.9 cm³/mol. The van der Waals surface area contributed by atoms with E-state index in [-0.39, 0.29) is 0 Å². The summed E-state index contributed by atoms with van der Waals surface area (Å²) >= 11 is 1.58. The molecule has 0 aliphatic heterocycles. The van der Waals surface area contributed by atoms with Gasteiger partial charge < -0.3 is 5.11 Å². The summed E-state index contributed by atoms with van der Waals surface area (Å²) in [6.45, 7) is 3.62. The Morgan fingerprint density at radius 1 is 1.59 bits per heavy atom. The highest BCUT2D eigenvalue weighted by atomic mass is 32.1. The van der Waals surface area contributed by atoms with Crippen molar-refractivity contribution >= 4 is 17.3 Å². The van der Waals surface area contributed by atoms with E-state index >= 15 is 0 Å². The van der Waals surface area contributed by atoms with Gasteiger partial charge in [-0.15, -0.1) is 16.4 Å². The number of hydrogen-bond donors (Lipinski definition) is 1. The second-order valence-electron chi connectivity index (χ2n) is 3.58. The lowest BCUT2D eigenvalue weighted by atomic mass is 10.3. The Hall–Kier alpha value is -1.76. The molecule has 1 unspecified atom stereocenters. The summed E-state index contributed by atoms with van der Waals surface area (Å²) in [5.74, 6) is -0.449. The number of rotatable bonds is 4. The molecule has 0 aromatic carbocycles. The fourth-order valence-corrected chi connectivity index (χ4v) is 2.33. The van der Waals surface area contributed by atoms with Crippen LogP contribution in [0.25, 0.3) is 10.7 Å². The van der Waals surface area contributed by atoms with Crippen molar-refractivity contribution in [3.05, 3.63) is 17.0 Å². The third kappa shape index (κ3) is 2.19. The molecule has 2 aromatic rings. The van der Waals surface area contributed by atoms with Crippen LogP contribution in [0.5, 0.6) is 0 Å². The number of tetrazole rings is 1. The molecule has 0 radical (unpaired) electrons. The quantitative estimate of drug-likeness (QED) is 0.894. The number of aryl methyl sites for hydroxylation is 1. The van der Waals surface area contributed by atoms with Gasteiger partial charge in [-0.2, -0.15) is 0 Å². The number of carboxylic acids is 1. The van der Waals surface area contributed by atoms with Crippen molar-refractivity contribution < 1.29 is 9.90 Å². The normalized spacial score (nSPS) is 12.6. The summed E-state index contributed by atoms with van der Waals surface area (Å²) < 4.78 is 1.33. The zero-order chi connectivity index (χ0) is 12.4. The van der Waals surface area contributed by atoms with Gasteiger partial charge in [0.2, 0.25) is 0 Å². The van der Waals surface area contributed by atoms with Crippen LogP contribution in [0.4, 0.5) is 0 Å². The first-order valence-corrected chi connectivity index (χ1v) is 6.05. The van der Waals surface area contributed by atoms with Crippen LogP contribution in [0.3, 0.4) is 0 Å². The Bertz CT molecular complexity index is 534. The second kappa shape index (κ2) is 4.62. The molecule has 0 saturated carbocycles. The van der Waals surface area contributed by atoms with E-state index in [1.54, 1.807) is 18.3 Å². The van der Waals surface area contributed by atoms with Crippen LogP contribution in [0.1, 0.15) is 24.8 Å². The van der Waals surface area contributed by atoms with Gasteiger partial charge in [0.15, 0.2) is 11.9 Å². The number of aliphatic carboxylic acids is 1. The van der Waals surface area contributed by atoms with Crippen molar-refractivity contribution in [2.45, 2.75) is 26.3 Å². The van der Waals surface area contributed by atoms with Crippen LogP contribution < -0.4 is 0 Å². The van der Waals surface area contributed by atoms with E-state index in [1.807, 2.05) is 12.1 Å². The number of carbonyl (C=O) groups is 1. The molecule has 0 aliphatic rings. The summed E-state index contributed by atoms with van der Waals surface area (Å²) in [6, 6.07) is 3.15. The first kappa shape index (κ1) is 11.7. The molecule has 2 heterocycles. The van der Waals surface area contributed by atoms with E-state index in [1.165, 1.54) is 9.56 Å². The number of thiophene rings is 1. The van der Waals surface area contributed by atoms with E-state index in [2.05, 4.69) is 22.4 Å². The Morgan fingerprint density at radius 3 is 2.94 bits per heavy atom. The summed E-state index contributed by atoms with van der Waals surface area (Å²) in [7, 11) is 0. The average Bonchev–Trinajstić information content (AvgIpc) is 2.95. The van der Waals surface area contributed by atoms with Crippen molar-refractivity contribution in [3.8, 4) is 10.7 Å². The highest BCUT2D eigenvalue weighted by molar-refractivity contribution is 7.15. The molecule has 0 amide bonds. The molecule has 0 aliphatic carbocycles. The Labute approximate surface area is 102 Å². The minimum absolute atomic E-state index is 0.504. The minimum Gasteiger partial charge on any atom is -0.480 e.